The van der Waals surface area contributed by atoms with Crippen LogP contribution in [0.5, 0.6) is 5.75 Å². The number of nitrogens with two attached hydrogens (primary N) is 1. The first-order valence-electron chi connectivity index (χ1n) is 15.3. The number of H-pyrrole nitrogens is 1. The van der Waals surface area contributed by atoms with Crippen molar-refractivity contribution in [2.75, 3.05) is 32.7 Å². The van der Waals surface area contributed by atoms with E-state index in [0.717, 1.165) is 22.9 Å². The largest absolute Gasteiger partial charge is 0.488 e. The number of ether oxygens (including phenoxy) is 1. The molecule has 3 aliphatic heterocycles. The Kier molecular flexibility index (Phi) is 12.0. The zero-order valence-corrected chi connectivity index (χ0v) is 26.5. The van der Waals surface area contributed by atoms with Crippen LogP contribution in [0.15, 0.2) is 53.1 Å². The third-order valence-electron chi connectivity index (χ3n) is 9.21. The van der Waals surface area contributed by atoms with Gasteiger partial charge >= 0.3 is 5.97 Å². The van der Waals surface area contributed by atoms with Gasteiger partial charge in [-0.15, -0.1) is 24.8 Å². The second-order valence-corrected chi connectivity index (χ2v) is 12.0. The summed E-state index contributed by atoms with van der Waals surface area (Å²) in [4.78, 5) is 19.4. The highest BCUT2D eigenvalue weighted by Gasteiger charge is 2.34. The lowest BCUT2D eigenvalue weighted by molar-refractivity contribution is 0.0361. The molecule has 2 aromatic carbocycles. The van der Waals surface area contributed by atoms with Crippen LogP contribution in [0.3, 0.4) is 0 Å². The maximum Gasteiger partial charge on any atom is 0.352 e. The highest BCUT2D eigenvalue weighted by Crippen LogP contribution is 2.32. The number of carbonyl (C=O) groups is 1. The van der Waals surface area contributed by atoms with Crippen LogP contribution >= 0.6 is 24.8 Å². The van der Waals surface area contributed by atoms with Crippen LogP contribution in [0.2, 0.25) is 0 Å². The number of benzene rings is 2. The third kappa shape index (κ3) is 7.87. The molecule has 0 bridgehead atoms. The quantitative estimate of drug-likeness (QED) is 0.210. The van der Waals surface area contributed by atoms with Gasteiger partial charge in [0.05, 0.1) is 6.26 Å². The minimum atomic E-state index is -1.03. The molecule has 0 amide bonds. The minimum absolute atomic E-state index is 0. The molecule has 4 N–H and O–H groups in total. The summed E-state index contributed by atoms with van der Waals surface area (Å²) in [6.07, 6.45) is 11.2. The molecule has 4 aromatic rings. The van der Waals surface area contributed by atoms with E-state index in [9.17, 15) is 9.18 Å². The molecule has 0 spiro atoms. The van der Waals surface area contributed by atoms with Gasteiger partial charge in [0.1, 0.15) is 29.5 Å². The van der Waals surface area contributed by atoms with Crippen molar-refractivity contribution in [2.45, 2.75) is 63.6 Å². The molecule has 0 radical (unpaired) electrons. The summed E-state index contributed by atoms with van der Waals surface area (Å²) >= 11 is 0. The molecule has 44 heavy (non-hydrogen) atoms. The van der Waals surface area contributed by atoms with Crippen LogP contribution in [0.1, 0.15) is 61.0 Å². The van der Waals surface area contributed by atoms with Crippen LogP contribution in [0.25, 0.3) is 21.9 Å². The average Bonchev–Trinajstić information content (AvgIpc) is 3.62. The van der Waals surface area contributed by atoms with Crippen molar-refractivity contribution in [3.8, 4) is 5.75 Å². The summed E-state index contributed by atoms with van der Waals surface area (Å²) in [5, 5.41) is 10.6. The van der Waals surface area contributed by atoms with Gasteiger partial charge in [-0.3, -0.25) is 0 Å². The van der Waals surface area contributed by atoms with Crippen molar-refractivity contribution >= 4 is 52.7 Å². The molecule has 0 aliphatic carbocycles. The maximum absolute atomic E-state index is 13.2. The van der Waals surface area contributed by atoms with Crippen LogP contribution in [-0.4, -0.2) is 70.7 Å². The summed E-state index contributed by atoms with van der Waals surface area (Å²) in [5.41, 5.74) is 8.04. The zero-order valence-electron chi connectivity index (χ0n) is 24.9. The number of hydrogen-bond donors (Lipinski definition) is 3. The number of nitrogens with one attached hydrogen (secondary N) is 1. The van der Waals surface area contributed by atoms with Crippen molar-refractivity contribution in [1.82, 2.24) is 14.8 Å². The van der Waals surface area contributed by atoms with E-state index in [4.69, 9.17) is 20.0 Å². The Balaban J connectivity index is 0.000000199. The summed E-state index contributed by atoms with van der Waals surface area (Å²) in [6, 6.07) is 12.6. The number of hydrogen-bond acceptors (Lipinski definition) is 6. The topological polar surface area (TPSA) is 108 Å². The SMILES string of the molecule is Cl.Cl.NC1CCN(C[C@@H]2CCCN3CCCC[C@H]23)CC1.O=C(O)c1cc2c(OCc3coc4cc(F)ccc34)cccc2[nH]1. The first-order chi connectivity index (χ1) is 20.4. The lowest BCUT2D eigenvalue weighted by Crippen LogP contribution is -2.52. The molecule has 3 fully saturated rings. The van der Waals surface area contributed by atoms with Crippen LogP contribution in [-0.2, 0) is 6.61 Å². The Morgan fingerprint density at radius 1 is 1.00 bits per heavy atom. The first kappa shape index (κ1) is 34.1. The number of halogens is 3. The number of aromatic amines is 1. The van der Waals surface area contributed by atoms with E-state index in [1.807, 2.05) is 0 Å². The molecule has 3 aliphatic rings. The van der Waals surface area contributed by atoms with Crippen molar-refractivity contribution in [3.63, 3.8) is 0 Å². The molecular formula is C33H43Cl2FN4O4. The number of aromatic carboxylic acids is 1. The molecule has 240 valence electrons. The van der Waals surface area contributed by atoms with Gasteiger partial charge in [0.15, 0.2) is 0 Å². The predicted octanol–water partition coefficient (Wildman–Crippen LogP) is 6.85. The molecule has 11 heteroatoms. The van der Waals surface area contributed by atoms with E-state index >= 15 is 0 Å². The van der Waals surface area contributed by atoms with E-state index < -0.39 is 5.97 Å². The number of furan rings is 1. The lowest BCUT2D eigenvalue weighted by Gasteiger charge is -2.46. The van der Waals surface area contributed by atoms with Gasteiger partial charge in [-0.2, -0.15) is 0 Å². The molecular weight excluding hydrogens is 606 g/mol. The maximum atomic E-state index is 13.2. The van der Waals surface area contributed by atoms with Gasteiger partial charge in [-0.1, -0.05) is 12.5 Å². The molecule has 0 saturated carbocycles. The average molecular weight is 650 g/mol. The van der Waals surface area contributed by atoms with Gasteiger partial charge < -0.3 is 34.8 Å². The smallest absolute Gasteiger partial charge is 0.352 e. The second-order valence-electron chi connectivity index (χ2n) is 12.0. The third-order valence-corrected chi connectivity index (χ3v) is 9.21. The number of likely N-dealkylation sites (tertiary alicyclic amines) is 1. The summed E-state index contributed by atoms with van der Waals surface area (Å²) in [6.45, 7) is 6.78. The van der Waals surface area contributed by atoms with Crippen molar-refractivity contribution < 1.29 is 23.4 Å². The predicted molar refractivity (Wildman–Crippen MR) is 176 cm³/mol. The summed E-state index contributed by atoms with van der Waals surface area (Å²) < 4.78 is 24.4. The van der Waals surface area contributed by atoms with E-state index in [2.05, 4.69) is 14.8 Å². The molecule has 7 rings (SSSR count). The Bertz CT molecular complexity index is 1520. The summed E-state index contributed by atoms with van der Waals surface area (Å²) in [7, 11) is 0. The normalized spacial score (nSPS) is 21.0. The number of nitrogens with zero attached hydrogens (tertiary/aromatic N) is 2. The minimum Gasteiger partial charge on any atom is -0.488 e. The molecule has 8 nitrogen and oxygen atoms in total. The molecule has 3 saturated heterocycles. The van der Waals surface area contributed by atoms with Gasteiger partial charge in [0.2, 0.25) is 0 Å². The van der Waals surface area contributed by atoms with E-state index in [1.165, 1.54) is 102 Å². The van der Waals surface area contributed by atoms with Crippen molar-refractivity contribution in [2.24, 2.45) is 11.7 Å². The fraction of sp³-hybridized carbons (Fsp3) is 0.485. The standard InChI is InChI=1S/C18H12FNO4.C15H29N3.2ClH/c19-11-4-5-12-10(9-24-17(12)6-11)8-23-16-3-1-2-14-13(16)7-15(20-14)18(21)22;16-14-6-10-17(11-7-14)12-13-4-3-9-18-8-2-1-5-15(13)18;;/h1-7,9,20H,8H2,(H,21,22);13-15H,1-12,16H2;2*1H/t;13-,15+;;/m.0../s1. The number of piperidine rings is 3. The highest BCUT2D eigenvalue weighted by atomic mass is 35.5. The Morgan fingerprint density at radius 2 is 1.80 bits per heavy atom. The highest BCUT2D eigenvalue weighted by molar-refractivity contribution is 5.96. The van der Waals surface area contributed by atoms with Gasteiger partial charge in [0.25, 0.3) is 0 Å². The van der Waals surface area contributed by atoms with Gasteiger partial charge in [0, 0.05) is 46.5 Å². The molecule has 5 heterocycles. The first-order valence-corrected chi connectivity index (χ1v) is 15.3. The monoisotopic (exact) mass is 648 g/mol. The Hall–Kier alpha value is -2.82. The van der Waals surface area contributed by atoms with Crippen LogP contribution in [0, 0.1) is 11.7 Å². The molecule has 2 aromatic heterocycles. The molecule has 0 unspecified atom stereocenters. The van der Waals surface area contributed by atoms with Crippen molar-refractivity contribution in [3.05, 3.63) is 65.8 Å². The Morgan fingerprint density at radius 3 is 2.59 bits per heavy atom. The van der Waals surface area contributed by atoms with Crippen LogP contribution in [0.4, 0.5) is 4.39 Å². The number of carboxylic acid groups (broad SMARTS) is 1. The zero-order chi connectivity index (χ0) is 29.1. The van der Waals surface area contributed by atoms with E-state index in [-0.39, 0.29) is 42.9 Å². The number of carboxylic acids is 1. The van der Waals surface area contributed by atoms with Crippen molar-refractivity contribution in [1.29, 1.82) is 0 Å². The number of fused-ring (bicyclic) bond motifs is 3. The number of aromatic nitrogens is 1. The second kappa shape index (κ2) is 15.5. The van der Waals surface area contributed by atoms with Gasteiger partial charge in [-0.25, -0.2) is 9.18 Å². The van der Waals surface area contributed by atoms with E-state index in [1.54, 1.807) is 24.3 Å². The Labute approximate surface area is 269 Å². The summed E-state index contributed by atoms with van der Waals surface area (Å²) in [5.74, 6) is 0.115. The van der Waals surface area contributed by atoms with Crippen LogP contribution < -0.4 is 10.5 Å². The number of rotatable bonds is 6. The van der Waals surface area contributed by atoms with E-state index in [0.29, 0.717) is 28.3 Å². The van der Waals surface area contributed by atoms with Gasteiger partial charge in [-0.05, 0) is 101 Å². The molecule has 2 atom stereocenters. The lowest BCUT2D eigenvalue weighted by atomic mass is 9.83. The fourth-order valence-corrected chi connectivity index (χ4v) is 6.95. The fourth-order valence-electron chi connectivity index (χ4n) is 6.95.